The summed E-state index contributed by atoms with van der Waals surface area (Å²) in [7, 11) is 0. The maximum absolute atomic E-state index is 13.5. The molecule has 7 nitrogen and oxygen atoms in total. The molecule has 1 aliphatic rings. The molecular weight excluding hydrogens is 445 g/mol. The van der Waals surface area contributed by atoms with Gasteiger partial charge >= 0.3 is 0 Å². The molecule has 1 aromatic heterocycles. The number of nitriles is 1. The highest BCUT2D eigenvalue weighted by Crippen LogP contribution is 2.31. The maximum Gasteiger partial charge on any atom is 0.227 e. The van der Waals surface area contributed by atoms with Crippen molar-refractivity contribution in [3.8, 4) is 6.07 Å². The highest BCUT2D eigenvalue weighted by atomic mass is 19.1. The number of aromatic nitrogens is 1. The Balaban J connectivity index is 1.48. The number of anilines is 2. The Morgan fingerprint density at radius 2 is 1.86 bits per heavy atom. The van der Waals surface area contributed by atoms with Crippen LogP contribution in [0.25, 0.3) is 0 Å². The first kappa shape index (κ1) is 24.4. The van der Waals surface area contributed by atoms with Gasteiger partial charge in [-0.15, -0.1) is 0 Å². The fraction of sp³-hybridized carbons (Fsp3) is 0.370. The van der Waals surface area contributed by atoms with Gasteiger partial charge in [0.15, 0.2) is 0 Å². The van der Waals surface area contributed by atoms with Gasteiger partial charge in [0.2, 0.25) is 11.8 Å². The van der Waals surface area contributed by atoms with Crippen LogP contribution < -0.4 is 10.2 Å². The second kappa shape index (κ2) is 11.2. The minimum Gasteiger partial charge on any atom is -0.447 e. The van der Waals surface area contributed by atoms with E-state index < -0.39 is 0 Å². The van der Waals surface area contributed by atoms with Crippen molar-refractivity contribution in [3.05, 3.63) is 77.8 Å². The number of piperazine rings is 1. The summed E-state index contributed by atoms with van der Waals surface area (Å²) in [5.74, 6) is 0.234. The second-order valence-corrected chi connectivity index (χ2v) is 8.69. The molecule has 0 aliphatic carbocycles. The lowest BCUT2D eigenvalue weighted by atomic mass is 10.0. The van der Waals surface area contributed by atoms with Crippen LogP contribution in [-0.4, -0.2) is 42.0 Å². The number of oxazole rings is 1. The van der Waals surface area contributed by atoms with Crippen molar-refractivity contribution in [2.75, 3.05) is 36.4 Å². The Morgan fingerprint density at radius 1 is 1.14 bits per heavy atom. The zero-order valence-electron chi connectivity index (χ0n) is 20.1. The second-order valence-electron chi connectivity index (χ2n) is 8.69. The van der Waals surface area contributed by atoms with E-state index in [0.29, 0.717) is 43.3 Å². The molecule has 0 saturated carbocycles. The zero-order chi connectivity index (χ0) is 24.8. The Kier molecular flexibility index (Phi) is 7.78. The standard InChI is InChI=1S/C27H30FN5O2/c1-3-19(4-2)26(34)31-23-9-10-24(21(17-23)18-29)32-12-14-33(15-13-32)25(27-30-11-16-35-27)20-5-7-22(28)8-6-20/h5-11,16-17,19,25H,3-4,12-15H2,1-2H3,(H,31,34). The van der Waals surface area contributed by atoms with Gasteiger partial charge in [-0.25, -0.2) is 9.37 Å². The smallest absolute Gasteiger partial charge is 0.227 e. The summed E-state index contributed by atoms with van der Waals surface area (Å²) in [4.78, 5) is 21.2. The van der Waals surface area contributed by atoms with Gasteiger partial charge in [0, 0.05) is 37.8 Å². The lowest BCUT2D eigenvalue weighted by molar-refractivity contribution is -0.120. The third kappa shape index (κ3) is 5.52. The molecule has 1 saturated heterocycles. The number of carbonyl (C=O) groups is 1. The minimum atomic E-state index is -0.284. The third-order valence-electron chi connectivity index (χ3n) is 6.63. The zero-order valence-corrected chi connectivity index (χ0v) is 20.1. The number of halogens is 1. The summed E-state index contributed by atoms with van der Waals surface area (Å²) in [5.41, 5.74) is 2.93. The number of benzene rings is 2. The highest BCUT2D eigenvalue weighted by molar-refractivity contribution is 5.93. The molecule has 1 unspecified atom stereocenters. The van der Waals surface area contributed by atoms with Gasteiger partial charge < -0.3 is 14.6 Å². The average molecular weight is 476 g/mol. The molecule has 2 heterocycles. The Labute approximate surface area is 205 Å². The van der Waals surface area contributed by atoms with Crippen LogP contribution >= 0.6 is 0 Å². The van der Waals surface area contributed by atoms with Crippen molar-refractivity contribution in [2.45, 2.75) is 32.7 Å². The van der Waals surface area contributed by atoms with Crippen LogP contribution in [-0.2, 0) is 4.79 Å². The number of nitrogens with one attached hydrogen (secondary N) is 1. The normalized spacial score (nSPS) is 15.1. The van der Waals surface area contributed by atoms with Gasteiger partial charge in [-0.05, 0) is 48.7 Å². The molecule has 0 bridgehead atoms. The molecule has 1 atom stereocenters. The SMILES string of the molecule is CCC(CC)C(=O)Nc1ccc(N2CCN(C(c3ccc(F)cc3)c3ncco3)CC2)c(C#N)c1. The number of hydrogen-bond acceptors (Lipinski definition) is 6. The maximum atomic E-state index is 13.5. The van der Waals surface area contributed by atoms with Crippen molar-refractivity contribution < 1.29 is 13.6 Å². The van der Waals surface area contributed by atoms with E-state index in [1.165, 1.54) is 12.1 Å². The number of nitrogens with zero attached hydrogens (tertiary/aromatic N) is 4. The molecule has 35 heavy (non-hydrogen) atoms. The first-order valence-electron chi connectivity index (χ1n) is 12.0. The van der Waals surface area contributed by atoms with Crippen LogP contribution in [0.3, 0.4) is 0 Å². The number of carbonyl (C=O) groups excluding carboxylic acids is 1. The first-order valence-corrected chi connectivity index (χ1v) is 12.0. The number of hydrogen-bond donors (Lipinski definition) is 1. The van der Waals surface area contributed by atoms with Crippen LogP contribution in [0, 0.1) is 23.1 Å². The largest absolute Gasteiger partial charge is 0.447 e. The van der Waals surface area contributed by atoms with Crippen molar-refractivity contribution in [2.24, 2.45) is 5.92 Å². The summed E-state index contributed by atoms with van der Waals surface area (Å²) < 4.78 is 19.1. The monoisotopic (exact) mass is 475 g/mol. The molecule has 4 rings (SSSR count). The fourth-order valence-corrected chi connectivity index (χ4v) is 4.63. The predicted molar refractivity (Wildman–Crippen MR) is 132 cm³/mol. The highest BCUT2D eigenvalue weighted by Gasteiger charge is 2.30. The lowest BCUT2D eigenvalue weighted by Crippen LogP contribution is -2.48. The molecule has 182 valence electrons. The van der Waals surface area contributed by atoms with Crippen LogP contribution in [0.2, 0.25) is 0 Å². The van der Waals surface area contributed by atoms with E-state index in [4.69, 9.17) is 4.42 Å². The molecule has 0 radical (unpaired) electrons. The van der Waals surface area contributed by atoms with E-state index in [-0.39, 0.29) is 23.7 Å². The van der Waals surface area contributed by atoms with E-state index in [1.54, 1.807) is 30.7 Å². The van der Waals surface area contributed by atoms with E-state index >= 15 is 0 Å². The Hall–Kier alpha value is -3.70. The van der Waals surface area contributed by atoms with Crippen molar-refractivity contribution in [1.82, 2.24) is 9.88 Å². The number of amides is 1. The van der Waals surface area contributed by atoms with Gasteiger partial charge in [0.05, 0.1) is 17.4 Å². The fourth-order valence-electron chi connectivity index (χ4n) is 4.63. The minimum absolute atomic E-state index is 0.0152. The summed E-state index contributed by atoms with van der Waals surface area (Å²) >= 11 is 0. The van der Waals surface area contributed by atoms with Crippen LogP contribution in [0.4, 0.5) is 15.8 Å². The summed E-state index contributed by atoms with van der Waals surface area (Å²) in [6.45, 7) is 6.82. The molecule has 3 aromatic rings. The van der Waals surface area contributed by atoms with Crippen molar-refractivity contribution in [3.63, 3.8) is 0 Å². The molecule has 1 fully saturated rings. The molecule has 0 spiro atoms. The van der Waals surface area contributed by atoms with Crippen LogP contribution in [0.5, 0.6) is 0 Å². The number of rotatable bonds is 8. The quantitative estimate of drug-likeness (QED) is 0.495. The van der Waals surface area contributed by atoms with E-state index in [1.807, 2.05) is 26.0 Å². The molecule has 1 amide bonds. The summed E-state index contributed by atoms with van der Waals surface area (Å²) in [5, 5.41) is 12.7. The van der Waals surface area contributed by atoms with Crippen LogP contribution in [0.1, 0.15) is 49.7 Å². The van der Waals surface area contributed by atoms with Gasteiger partial charge in [0.25, 0.3) is 0 Å². The van der Waals surface area contributed by atoms with E-state index in [9.17, 15) is 14.4 Å². The topological polar surface area (TPSA) is 85.4 Å². The van der Waals surface area contributed by atoms with Gasteiger partial charge in [0.1, 0.15) is 24.2 Å². The lowest BCUT2D eigenvalue weighted by Gasteiger charge is -2.39. The van der Waals surface area contributed by atoms with Gasteiger partial charge in [-0.2, -0.15) is 5.26 Å². The van der Waals surface area contributed by atoms with E-state index in [2.05, 4.69) is 26.2 Å². The Bertz CT molecular complexity index is 1160. The Morgan fingerprint density at radius 3 is 2.46 bits per heavy atom. The molecule has 2 aromatic carbocycles. The van der Waals surface area contributed by atoms with Crippen molar-refractivity contribution >= 4 is 17.3 Å². The van der Waals surface area contributed by atoms with Gasteiger partial charge in [-0.3, -0.25) is 9.69 Å². The first-order chi connectivity index (χ1) is 17.0. The van der Waals surface area contributed by atoms with Crippen molar-refractivity contribution in [1.29, 1.82) is 5.26 Å². The molecule has 1 aliphatic heterocycles. The summed E-state index contributed by atoms with van der Waals surface area (Å²) in [6.07, 6.45) is 4.72. The van der Waals surface area contributed by atoms with Crippen LogP contribution in [0.15, 0.2) is 59.3 Å². The third-order valence-corrected chi connectivity index (χ3v) is 6.63. The molecule has 1 N–H and O–H groups in total. The predicted octanol–water partition coefficient (Wildman–Crippen LogP) is 4.97. The van der Waals surface area contributed by atoms with E-state index in [0.717, 1.165) is 24.1 Å². The molecule has 8 heteroatoms. The van der Waals surface area contributed by atoms with Gasteiger partial charge in [-0.1, -0.05) is 26.0 Å². The average Bonchev–Trinajstić information content (AvgIpc) is 3.41. The molecular formula is C27H30FN5O2. The summed E-state index contributed by atoms with van der Waals surface area (Å²) in [6, 6.07) is 14.0.